The SMILES string of the molecule is CC(C)[CH]CC(=O)OC(C)(C)C. The van der Waals surface area contributed by atoms with Gasteiger partial charge in [-0.25, -0.2) is 0 Å². The van der Waals surface area contributed by atoms with Crippen LogP contribution in [0.1, 0.15) is 41.0 Å². The summed E-state index contributed by atoms with van der Waals surface area (Å²) >= 11 is 0. The van der Waals surface area contributed by atoms with Crippen molar-refractivity contribution in [1.82, 2.24) is 0 Å². The lowest BCUT2D eigenvalue weighted by atomic mass is 10.1. The summed E-state index contributed by atoms with van der Waals surface area (Å²) < 4.78 is 5.12. The molecule has 0 N–H and O–H groups in total. The van der Waals surface area contributed by atoms with Gasteiger partial charge in [-0.15, -0.1) is 0 Å². The molecule has 2 heteroatoms. The van der Waals surface area contributed by atoms with Crippen molar-refractivity contribution in [2.75, 3.05) is 0 Å². The first-order valence-electron chi connectivity index (χ1n) is 4.36. The summed E-state index contributed by atoms with van der Waals surface area (Å²) in [5.41, 5.74) is -0.359. The number of rotatable bonds is 3. The van der Waals surface area contributed by atoms with Crippen LogP contribution in [0.5, 0.6) is 0 Å². The maximum atomic E-state index is 11.1. The summed E-state index contributed by atoms with van der Waals surface area (Å²) in [7, 11) is 0. The fourth-order valence-electron chi connectivity index (χ4n) is 0.715. The Morgan fingerprint density at radius 1 is 1.42 bits per heavy atom. The van der Waals surface area contributed by atoms with Crippen LogP contribution in [0.2, 0.25) is 0 Å². The predicted molar refractivity (Wildman–Crippen MR) is 49.6 cm³/mol. The molecule has 0 atom stereocenters. The molecule has 12 heavy (non-hydrogen) atoms. The number of esters is 1. The molecule has 0 bridgehead atoms. The van der Waals surface area contributed by atoms with Gasteiger partial charge in [0.1, 0.15) is 5.60 Å². The molecule has 2 nitrogen and oxygen atoms in total. The van der Waals surface area contributed by atoms with Gasteiger partial charge in [-0.05, 0) is 33.1 Å². The normalized spacial score (nSPS) is 11.8. The Kier molecular flexibility index (Phi) is 4.29. The first kappa shape index (κ1) is 11.5. The zero-order valence-electron chi connectivity index (χ0n) is 8.68. The maximum absolute atomic E-state index is 11.1. The Morgan fingerprint density at radius 2 is 1.92 bits per heavy atom. The summed E-state index contributed by atoms with van der Waals surface area (Å²) in [5.74, 6) is 0.300. The van der Waals surface area contributed by atoms with Crippen molar-refractivity contribution in [3.05, 3.63) is 6.42 Å². The summed E-state index contributed by atoms with van der Waals surface area (Å²) in [4.78, 5) is 11.1. The van der Waals surface area contributed by atoms with Gasteiger partial charge in [0.15, 0.2) is 0 Å². The van der Waals surface area contributed by atoms with Crippen molar-refractivity contribution in [2.24, 2.45) is 5.92 Å². The van der Waals surface area contributed by atoms with Crippen LogP contribution in [0.15, 0.2) is 0 Å². The summed E-state index contributed by atoms with van der Waals surface area (Å²) in [6.45, 7) is 9.72. The van der Waals surface area contributed by atoms with E-state index in [0.29, 0.717) is 12.3 Å². The van der Waals surface area contributed by atoms with E-state index in [0.717, 1.165) is 0 Å². The van der Waals surface area contributed by atoms with E-state index in [4.69, 9.17) is 4.74 Å². The van der Waals surface area contributed by atoms with Gasteiger partial charge in [0.25, 0.3) is 0 Å². The average Bonchev–Trinajstić information content (AvgIpc) is 1.79. The lowest BCUT2D eigenvalue weighted by Crippen LogP contribution is -2.23. The van der Waals surface area contributed by atoms with E-state index in [1.807, 2.05) is 41.0 Å². The molecule has 71 valence electrons. The van der Waals surface area contributed by atoms with Crippen LogP contribution in [0.25, 0.3) is 0 Å². The van der Waals surface area contributed by atoms with Gasteiger partial charge in [-0.2, -0.15) is 0 Å². The van der Waals surface area contributed by atoms with Crippen LogP contribution in [-0.2, 0) is 9.53 Å². The predicted octanol–water partition coefficient (Wildman–Crippen LogP) is 2.58. The van der Waals surface area contributed by atoms with Crippen molar-refractivity contribution in [3.63, 3.8) is 0 Å². The second-order valence-corrected chi connectivity index (χ2v) is 4.27. The summed E-state index contributed by atoms with van der Waals surface area (Å²) in [6.07, 6.45) is 2.36. The number of hydrogen-bond acceptors (Lipinski definition) is 2. The Hall–Kier alpha value is -0.530. The average molecular weight is 171 g/mol. The fourth-order valence-corrected chi connectivity index (χ4v) is 0.715. The van der Waals surface area contributed by atoms with Crippen LogP contribution >= 0.6 is 0 Å². The van der Waals surface area contributed by atoms with Gasteiger partial charge in [-0.1, -0.05) is 13.8 Å². The molecule has 0 aromatic heterocycles. The largest absolute Gasteiger partial charge is 0.460 e. The first-order chi connectivity index (χ1) is 5.31. The van der Waals surface area contributed by atoms with Crippen molar-refractivity contribution < 1.29 is 9.53 Å². The van der Waals surface area contributed by atoms with Crippen LogP contribution in [0.4, 0.5) is 0 Å². The highest BCUT2D eigenvalue weighted by molar-refractivity contribution is 5.71. The quantitative estimate of drug-likeness (QED) is 0.610. The number of hydrogen-bond donors (Lipinski definition) is 0. The molecule has 0 saturated carbocycles. The first-order valence-corrected chi connectivity index (χ1v) is 4.36. The fraction of sp³-hybridized carbons (Fsp3) is 0.800. The van der Waals surface area contributed by atoms with Gasteiger partial charge < -0.3 is 4.74 Å². The minimum Gasteiger partial charge on any atom is -0.460 e. The molecule has 1 radical (unpaired) electrons. The zero-order chi connectivity index (χ0) is 9.78. The molecule has 0 amide bonds. The summed E-state index contributed by atoms with van der Waals surface area (Å²) in [6, 6.07) is 0. The van der Waals surface area contributed by atoms with Crippen LogP contribution in [-0.4, -0.2) is 11.6 Å². The maximum Gasteiger partial charge on any atom is 0.306 e. The van der Waals surface area contributed by atoms with Gasteiger partial charge >= 0.3 is 5.97 Å². The Balaban J connectivity index is 3.61. The molecule has 0 aromatic rings. The topological polar surface area (TPSA) is 26.3 Å². The van der Waals surface area contributed by atoms with Gasteiger partial charge in [0.05, 0.1) is 0 Å². The van der Waals surface area contributed by atoms with E-state index in [1.165, 1.54) is 0 Å². The molecule has 0 rings (SSSR count). The third-order valence-electron chi connectivity index (χ3n) is 1.18. The molecule has 0 unspecified atom stereocenters. The van der Waals surface area contributed by atoms with E-state index in [1.54, 1.807) is 0 Å². The molecular formula is C10H19O2. The smallest absolute Gasteiger partial charge is 0.306 e. The van der Waals surface area contributed by atoms with E-state index in [9.17, 15) is 4.79 Å². The second-order valence-electron chi connectivity index (χ2n) is 4.27. The van der Waals surface area contributed by atoms with E-state index >= 15 is 0 Å². The number of carbonyl (C=O) groups excluding carboxylic acids is 1. The molecular weight excluding hydrogens is 152 g/mol. The lowest BCUT2D eigenvalue weighted by Gasteiger charge is -2.19. The van der Waals surface area contributed by atoms with Crippen molar-refractivity contribution in [2.45, 2.75) is 46.6 Å². The van der Waals surface area contributed by atoms with Gasteiger partial charge in [-0.3, -0.25) is 4.79 Å². The standard InChI is InChI=1S/C10H19O2/c1-8(2)6-7-9(11)12-10(3,4)5/h6,8H,7H2,1-5H3. The second kappa shape index (κ2) is 4.48. The monoisotopic (exact) mass is 171 g/mol. The van der Waals surface area contributed by atoms with Crippen molar-refractivity contribution >= 4 is 5.97 Å². The Labute approximate surface area is 75.3 Å². The molecule has 0 saturated heterocycles. The van der Waals surface area contributed by atoms with E-state index in [-0.39, 0.29) is 11.6 Å². The Bertz CT molecular complexity index is 142. The van der Waals surface area contributed by atoms with Crippen molar-refractivity contribution in [1.29, 1.82) is 0 Å². The third kappa shape index (κ3) is 7.58. The number of carbonyl (C=O) groups is 1. The van der Waals surface area contributed by atoms with E-state index < -0.39 is 0 Å². The lowest BCUT2D eigenvalue weighted by molar-refractivity contribution is -0.154. The molecule has 0 aliphatic carbocycles. The highest BCUT2D eigenvalue weighted by Gasteiger charge is 2.15. The van der Waals surface area contributed by atoms with Crippen LogP contribution < -0.4 is 0 Å². The highest BCUT2D eigenvalue weighted by atomic mass is 16.6. The van der Waals surface area contributed by atoms with Crippen molar-refractivity contribution in [3.8, 4) is 0 Å². The number of ether oxygens (including phenoxy) is 1. The molecule has 0 aliphatic rings. The molecule has 0 aromatic carbocycles. The minimum atomic E-state index is -0.359. The van der Waals surface area contributed by atoms with E-state index in [2.05, 4.69) is 0 Å². The van der Waals surface area contributed by atoms with Crippen LogP contribution in [0, 0.1) is 12.3 Å². The molecule has 0 fully saturated rings. The highest BCUT2D eigenvalue weighted by Crippen LogP contribution is 2.10. The van der Waals surface area contributed by atoms with Gasteiger partial charge in [0.2, 0.25) is 0 Å². The third-order valence-corrected chi connectivity index (χ3v) is 1.18. The molecule has 0 aliphatic heterocycles. The minimum absolute atomic E-state index is 0.142. The van der Waals surface area contributed by atoms with Gasteiger partial charge in [0, 0.05) is 6.42 Å². The summed E-state index contributed by atoms with van der Waals surface area (Å²) in [5, 5.41) is 0. The Morgan fingerprint density at radius 3 is 2.25 bits per heavy atom. The van der Waals surface area contributed by atoms with Crippen LogP contribution in [0.3, 0.4) is 0 Å². The zero-order valence-corrected chi connectivity index (χ0v) is 8.68. The molecule has 0 spiro atoms. The molecule has 0 heterocycles.